The lowest BCUT2D eigenvalue weighted by atomic mass is 10.1. The van der Waals surface area contributed by atoms with Gasteiger partial charge in [0.15, 0.2) is 11.5 Å². The molecule has 0 unspecified atom stereocenters. The van der Waals surface area contributed by atoms with Crippen LogP contribution in [0.25, 0.3) is 12.2 Å². The maximum absolute atomic E-state index is 12.1. The Kier molecular flexibility index (Phi) is 7.75. The number of carbonyl (C=O) groups is 2. The van der Waals surface area contributed by atoms with E-state index in [0.717, 1.165) is 11.1 Å². The van der Waals surface area contributed by atoms with Crippen LogP contribution in [0, 0.1) is 18.3 Å². The van der Waals surface area contributed by atoms with E-state index in [1.807, 2.05) is 31.2 Å². The predicted octanol–water partition coefficient (Wildman–Crippen LogP) is 4.09. The monoisotopic (exact) mass is 391 g/mol. The Balaban J connectivity index is 2.15. The number of rotatable bonds is 7. The highest BCUT2D eigenvalue weighted by atomic mass is 16.6. The molecule has 2 rings (SSSR count). The number of nitriles is 1. The molecular formula is C23H21NO5. The molecule has 0 saturated heterocycles. The second-order valence-corrected chi connectivity index (χ2v) is 5.97. The molecule has 0 radical (unpaired) electrons. The zero-order chi connectivity index (χ0) is 21.2. The van der Waals surface area contributed by atoms with E-state index < -0.39 is 11.9 Å². The van der Waals surface area contributed by atoms with E-state index in [4.69, 9.17) is 19.5 Å². The second kappa shape index (κ2) is 10.5. The molecule has 2 aromatic rings. The molecule has 0 amide bonds. The first-order chi connectivity index (χ1) is 14.0. The summed E-state index contributed by atoms with van der Waals surface area (Å²) in [6.07, 6.45) is 4.36. The van der Waals surface area contributed by atoms with Crippen molar-refractivity contribution in [2.24, 2.45) is 0 Å². The van der Waals surface area contributed by atoms with Crippen molar-refractivity contribution in [1.82, 2.24) is 0 Å². The number of hydrogen-bond donors (Lipinski definition) is 0. The molecule has 0 N–H and O–H groups in total. The number of esters is 2. The first-order valence-electron chi connectivity index (χ1n) is 8.90. The summed E-state index contributed by atoms with van der Waals surface area (Å²) in [4.78, 5) is 23.8. The first-order valence-corrected chi connectivity index (χ1v) is 8.90. The Morgan fingerprint density at radius 3 is 2.38 bits per heavy atom. The molecule has 0 aliphatic heterocycles. The fourth-order valence-electron chi connectivity index (χ4n) is 2.35. The number of carbonyl (C=O) groups excluding carboxylic acids is 2. The minimum atomic E-state index is -0.703. The van der Waals surface area contributed by atoms with Gasteiger partial charge in [-0.15, -0.1) is 0 Å². The van der Waals surface area contributed by atoms with E-state index in [1.54, 1.807) is 31.2 Å². The van der Waals surface area contributed by atoms with Gasteiger partial charge in [0.2, 0.25) is 0 Å². The molecule has 0 fully saturated rings. The van der Waals surface area contributed by atoms with E-state index in [0.29, 0.717) is 5.56 Å². The number of ether oxygens (including phenoxy) is 3. The summed E-state index contributed by atoms with van der Waals surface area (Å²) in [7, 11) is 1.43. The molecular weight excluding hydrogens is 370 g/mol. The lowest BCUT2D eigenvalue weighted by Gasteiger charge is -2.09. The summed E-state index contributed by atoms with van der Waals surface area (Å²) < 4.78 is 15.4. The normalized spacial score (nSPS) is 11.0. The van der Waals surface area contributed by atoms with Crippen LogP contribution < -0.4 is 9.47 Å². The zero-order valence-corrected chi connectivity index (χ0v) is 16.5. The molecule has 0 spiro atoms. The topological polar surface area (TPSA) is 85.6 Å². The highest BCUT2D eigenvalue weighted by Gasteiger charge is 2.12. The molecule has 6 nitrogen and oxygen atoms in total. The van der Waals surface area contributed by atoms with Crippen molar-refractivity contribution in [2.45, 2.75) is 13.8 Å². The van der Waals surface area contributed by atoms with Crippen LogP contribution in [-0.4, -0.2) is 25.7 Å². The fraction of sp³-hybridized carbons (Fsp3) is 0.174. The maximum atomic E-state index is 12.1. The Bertz CT molecular complexity index is 981. The molecule has 2 aromatic carbocycles. The van der Waals surface area contributed by atoms with Gasteiger partial charge in [0.1, 0.15) is 11.6 Å². The van der Waals surface area contributed by atoms with Crippen molar-refractivity contribution in [1.29, 1.82) is 5.26 Å². The van der Waals surface area contributed by atoms with Gasteiger partial charge in [-0.2, -0.15) is 5.26 Å². The van der Waals surface area contributed by atoms with E-state index >= 15 is 0 Å². The Hall–Kier alpha value is -3.85. The van der Waals surface area contributed by atoms with Crippen molar-refractivity contribution < 1.29 is 23.8 Å². The quantitative estimate of drug-likeness (QED) is 0.306. The van der Waals surface area contributed by atoms with Crippen molar-refractivity contribution in [3.8, 4) is 17.6 Å². The number of methoxy groups -OCH3 is 1. The van der Waals surface area contributed by atoms with Crippen LogP contribution >= 0.6 is 0 Å². The highest BCUT2D eigenvalue weighted by Crippen LogP contribution is 2.29. The Morgan fingerprint density at radius 2 is 1.76 bits per heavy atom. The number of hydrogen-bond acceptors (Lipinski definition) is 6. The van der Waals surface area contributed by atoms with Gasteiger partial charge in [0.05, 0.1) is 13.7 Å². The lowest BCUT2D eigenvalue weighted by molar-refractivity contribution is -0.138. The fourth-order valence-corrected chi connectivity index (χ4v) is 2.35. The van der Waals surface area contributed by atoms with Crippen LogP contribution in [0.4, 0.5) is 0 Å². The van der Waals surface area contributed by atoms with Gasteiger partial charge in [0.25, 0.3) is 0 Å². The number of aryl methyl sites for hydroxylation is 1. The van der Waals surface area contributed by atoms with Crippen molar-refractivity contribution in [2.75, 3.05) is 13.7 Å². The van der Waals surface area contributed by atoms with Gasteiger partial charge in [-0.1, -0.05) is 35.9 Å². The van der Waals surface area contributed by atoms with Crippen LogP contribution in [0.3, 0.4) is 0 Å². The summed E-state index contributed by atoms with van der Waals surface area (Å²) in [6.45, 7) is 3.82. The molecule has 29 heavy (non-hydrogen) atoms. The summed E-state index contributed by atoms with van der Waals surface area (Å²) in [5.41, 5.74) is 2.40. The molecule has 0 aliphatic rings. The molecule has 0 atom stereocenters. The van der Waals surface area contributed by atoms with Crippen LogP contribution in [0.15, 0.2) is 54.1 Å². The Labute approximate surface area is 169 Å². The highest BCUT2D eigenvalue weighted by molar-refractivity contribution is 5.98. The van der Waals surface area contributed by atoms with Gasteiger partial charge in [-0.25, -0.2) is 9.59 Å². The minimum absolute atomic E-state index is 0.139. The average molecular weight is 391 g/mol. The summed E-state index contributed by atoms with van der Waals surface area (Å²) in [5.74, 6) is -0.753. The van der Waals surface area contributed by atoms with E-state index in [1.165, 1.54) is 25.3 Å². The van der Waals surface area contributed by atoms with Gasteiger partial charge in [-0.05, 0) is 49.3 Å². The molecule has 0 aromatic heterocycles. The van der Waals surface area contributed by atoms with Crippen LogP contribution in [0.5, 0.6) is 11.5 Å². The maximum Gasteiger partial charge on any atom is 0.348 e. The van der Waals surface area contributed by atoms with Crippen molar-refractivity contribution in [3.63, 3.8) is 0 Å². The third kappa shape index (κ3) is 6.36. The summed E-state index contributed by atoms with van der Waals surface area (Å²) >= 11 is 0. The summed E-state index contributed by atoms with van der Waals surface area (Å²) in [5, 5.41) is 9.13. The van der Waals surface area contributed by atoms with Crippen molar-refractivity contribution >= 4 is 24.1 Å². The van der Waals surface area contributed by atoms with Crippen LogP contribution in [0.2, 0.25) is 0 Å². The Morgan fingerprint density at radius 1 is 1.07 bits per heavy atom. The average Bonchev–Trinajstić information content (AvgIpc) is 2.72. The lowest BCUT2D eigenvalue weighted by Crippen LogP contribution is -2.06. The zero-order valence-electron chi connectivity index (χ0n) is 16.5. The third-order valence-electron chi connectivity index (χ3n) is 3.81. The molecule has 0 bridgehead atoms. The van der Waals surface area contributed by atoms with Crippen molar-refractivity contribution in [3.05, 3.63) is 70.8 Å². The first kappa shape index (κ1) is 21.5. The molecule has 0 saturated carbocycles. The SMILES string of the molecule is CCOC(=O)/C(C#N)=C/c1ccc(OC(=O)/C=C/c2ccc(C)cc2)c(OC)c1. The van der Waals surface area contributed by atoms with E-state index in [2.05, 4.69) is 0 Å². The largest absolute Gasteiger partial charge is 0.493 e. The molecule has 6 heteroatoms. The molecule has 0 heterocycles. The summed E-state index contributed by atoms with van der Waals surface area (Å²) in [6, 6.07) is 14.2. The third-order valence-corrected chi connectivity index (χ3v) is 3.81. The van der Waals surface area contributed by atoms with Crippen LogP contribution in [-0.2, 0) is 14.3 Å². The van der Waals surface area contributed by atoms with Gasteiger partial charge < -0.3 is 14.2 Å². The van der Waals surface area contributed by atoms with Gasteiger partial charge in [-0.3, -0.25) is 0 Å². The van der Waals surface area contributed by atoms with Crippen LogP contribution in [0.1, 0.15) is 23.6 Å². The number of benzene rings is 2. The minimum Gasteiger partial charge on any atom is -0.493 e. The van der Waals surface area contributed by atoms with Gasteiger partial charge >= 0.3 is 11.9 Å². The molecule has 0 aliphatic carbocycles. The smallest absolute Gasteiger partial charge is 0.348 e. The standard InChI is InChI=1S/C23H21NO5/c1-4-28-23(26)19(15-24)13-18-9-11-20(21(14-18)27-3)29-22(25)12-10-17-7-5-16(2)6-8-17/h5-14H,4H2,1-3H3/b12-10+,19-13+. The van der Waals surface area contributed by atoms with Gasteiger partial charge in [0, 0.05) is 6.08 Å². The molecule has 148 valence electrons. The second-order valence-electron chi connectivity index (χ2n) is 5.97. The van der Waals surface area contributed by atoms with E-state index in [-0.39, 0.29) is 23.7 Å². The predicted molar refractivity (Wildman–Crippen MR) is 109 cm³/mol. The number of nitrogens with zero attached hydrogens (tertiary/aromatic N) is 1. The van der Waals surface area contributed by atoms with E-state index in [9.17, 15) is 9.59 Å².